The van der Waals surface area contributed by atoms with Gasteiger partial charge in [0.25, 0.3) is 0 Å². The first kappa shape index (κ1) is 9.86. The maximum absolute atomic E-state index is 9.44. The number of benzene rings is 1. The second-order valence-corrected chi connectivity index (χ2v) is 2.99. The molecule has 0 aliphatic rings. The van der Waals surface area contributed by atoms with Crippen molar-refractivity contribution in [1.82, 2.24) is 5.32 Å². The van der Waals surface area contributed by atoms with Gasteiger partial charge in [0, 0.05) is 18.2 Å². The zero-order chi connectivity index (χ0) is 9.84. The molecule has 13 heavy (non-hydrogen) atoms. The van der Waals surface area contributed by atoms with Crippen molar-refractivity contribution in [2.45, 2.75) is 19.9 Å². The molecule has 1 rings (SSSR count). The molecule has 3 heteroatoms. The Morgan fingerprint density at radius 3 is 2.31 bits per heavy atom. The second-order valence-electron chi connectivity index (χ2n) is 2.99. The topological polar surface area (TPSA) is 52.5 Å². The van der Waals surface area contributed by atoms with E-state index in [4.69, 9.17) is 0 Å². The number of hydrogen-bond donors (Lipinski definition) is 3. The first-order valence-corrected chi connectivity index (χ1v) is 4.37. The molecular weight excluding hydrogens is 166 g/mol. The minimum absolute atomic E-state index is 0.143. The van der Waals surface area contributed by atoms with Crippen LogP contribution in [-0.2, 0) is 13.0 Å². The van der Waals surface area contributed by atoms with Crippen LogP contribution in [0.15, 0.2) is 12.1 Å². The monoisotopic (exact) mass is 181 g/mol. The molecule has 0 heterocycles. The van der Waals surface area contributed by atoms with Gasteiger partial charge in [-0.3, -0.25) is 0 Å². The molecule has 3 nitrogen and oxygen atoms in total. The van der Waals surface area contributed by atoms with Crippen molar-refractivity contribution in [3.05, 3.63) is 23.3 Å². The molecule has 0 saturated carbocycles. The predicted molar refractivity (Wildman–Crippen MR) is 51.9 cm³/mol. The zero-order valence-corrected chi connectivity index (χ0v) is 7.96. The lowest BCUT2D eigenvalue weighted by atomic mass is 10.1. The fraction of sp³-hybridized carbons (Fsp3) is 0.400. The third-order valence-electron chi connectivity index (χ3n) is 2.03. The third-order valence-corrected chi connectivity index (χ3v) is 2.03. The van der Waals surface area contributed by atoms with Gasteiger partial charge < -0.3 is 15.5 Å². The lowest BCUT2D eigenvalue weighted by Crippen LogP contribution is -2.05. The normalized spacial score (nSPS) is 10.3. The van der Waals surface area contributed by atoms with Crippen LogP contribution in [0.4, 0.5) is 0 Å². The summed E-state index contributed by atoms with van der Waals surface area (Å²) in [5.41, 5.74) is 1.68. The molecule has 0 bridgehead atoms. The zero-order valence-electron chi connectivity index (χ0n) is 7.96. The lowest BCUT2D eigenvalue weighted by Gasteiger charge is -2.08. The molecule has 0 amide bonds. The van der Waals surface area contributed by atoms with Gasteiger partial charge in [-0.05, 0) is 25.1 Å². The van der Waals surface area contributed by atoms with Gasteiger partial charge in [-0.1, -0.05) is 6.92 Å². The molecule has 0 saturated heterocycles. The van der Waals surface area contributed by atoms with Crippen molar-refractivity contribution in [2.24, 2.45) is 0 Å². The highest BCUT2D eigenvalue weighted by Gasteiger charge is 2.06. The van der Waals surface area contributed by atoms with Gasteiger partial charge >= 0.3 is 0 Å². The highest BCUT2D eigenvalue weighted by molar-refractivity contribution is 5.45. The quantitative estimate of drug-likeness (QED) is 0.660. The van der Waals surface area contributed by atoms with Gasteiger partial charge in [0.05, 0.1) is 0 Å². The van der Waals surface area contributed by atoms with E-state index in [-0.39, 0.29) is 11.5 Å². The van der Waals surface area contributed by atoms with Crippen LogP contribution >= 0.6 is 0 Å². The van der Waals surface area contributed by atoms with Gasteiger partial charge in [0.15, 0.2) is 0 Å². The summed E-state index contributed by atoms with van der Waals surface area (Å²) in [6, 6.07) is 3.21. The maximum Gasteiger partial charge on any atom is 0.123 e. The number of phenolic OH excluding ortho intramolecular Hbond substituents is 2. The van der Waals surface area contributed by atoms with Crippen molar-refractivity contribution < 1.29 is 10.2 Å². The standard InChI is InChI=1S/C10H15NO2/c1-3-7-4-8(6-11-2)10(13)5-9(7)12/h4-5,11-13H,3,6H2,1-2H3. The number of phenols is 2. The molecule has 0 atom stereocenters. The predicted octanol–water partition coefficient (Wildman–Crippen LogP) is 1.38. The van der Waals surface area contributed by atoms with Crippen molar-refractivity contribution in [1.29, 1.82) is 0 Å². The molecule has 0 aromatic heterocycles. The summed E-state index contributed by atoms with van der Waals surface area (Å²) in [4.78, 5) is 0. The molecule has 3 N–H and O–H groups in total. The smallest absolute Gasteiger partial charge is 0.123 e. The Hall–Kier alpha value is -1.22. The number of aromatic hydroxyl groups is 2. The summed E-state index contributed by atoms with van der Waals surface area (Å²) >= 11 is 0. The van der Waals surface area contributed by atoms with Crippen LogP contribution in [0.1, 0.15) is 18.1 Å². The van der Waals surface area contributed by atoms with E-state index in [0.717, 1.165) is 17.5 Å². The van der Waals surface area contributed by atoms with E-state index in [1.54, 1.807) is 0 Å². The molecule has 0 fully saturated rings. The van der Waals surface area contributed by atoms with Crippen molar-refractivity contribution >= 4 is 0 Å². The molecule has 72 valence electrons. The molecular formula is C10H15NO2. The Balaban J connectivity index is 3.06. The van der Waals surface area contributed by atoms with Crippen LogP contribution in [0, 0.1) is 0 Å². The van der Waals surface area contributed by atoms with Crippen molar-refractivity contribution in [3.63, 3.8) is 0 Å². The minimum atomic E-state index is 0.143. The highest BCUT2D eigenvalue weighted by atomic mass is 16.3. The average Bonchev–Trinajstić information content (AvgIpc) is 2.10. The highest BCUT2D eigenvalue weighted by Crippen LogP contribution is 2.27. The van der Waals surface area contributed by atoms with Gasteiger partial charge in [-0.15, -0.1) is 0 Å². The number of rotatable bonds is 3. The Kier molecular flexibility index (Phi) is 3.14. The summed E-state index contributed by atoms with van der Waals surface area (Å²) in [6.45, 7) is 2.58. The van der Waals surface area contributed by atoms with Crippen LogP contribution in [0.2, 0.25) is 0 Å². The van der Waals surface area contributed by atoms with Crippen LogP contribution in [-0.4, -0.2) is 17.3 Å². The van der Waals surface area contributed by atoms with Crippen LogP contribution in [0.5, 0.6) is 11.5 Å². The maximum atomic E-state index is 9.44. The van der Waals surface area contributed by atoms with Crippen molar-refractivity contribution in [3.8, 4) is 11.5 Å². The van der Waals surface area contributed by atoms with Gasteiger partial charge in [-0.2, -0.15) is 0 Å². The van der Waals surface area contributed by atoms with Crippen molar-refractivity contribution in [2.75, 3.05) is 7.05 Å². The molecule has 1 aromatic carbocycles. The molecule has 1 aromatic rings. The summed E-state index contributed by atoms with van der Waals surface area (Å²) in [7, 11) is 1.82. The van der Waals surface area contributed by atoms with E-state index in [1.165, 1.54) is 6.07 Å². The van der Waals surface area contributed by atoms with E-state index in [9.17, 15) is 10.2 Å². The Morgan fingerprint density at radius 2 is 1.77 bits per heavy atom. The van der Waals surface area contributed by atoms with Gasteiger partial charge in [0.2, 0.25) is 0 Å². The summed E-state index contributed by atoms with van der Waals surface area (Å²) in [5, 5.41) is 21.8. The largest absolute Gasteiger partial charge is 0.508 e. The van der Waals surface area contributed by atoms with E-state index in [1.807, 2.05) is 20.0 Å². The molecule has 0 spiro atoms. The summed E-state index contributed by atoms with van der Waals surface area (Å²) in [6.07, 6.45) is 0.767. The summed E-state index contributed by atoms with van der Waals surface area (Å²) in [5.74, 6) is 0.309. The Labute approximate surface area is 78.0 Å². The summed E-state index contributed by atoms with van der Waals surface area (Å²) < 4.78 is 0. The number of nitrogens with one attached hydrogen (secondary N) is 1. The number of hydrogen-bond acceptors (Lipinski definition) is 3. The first-order chi connectivity index (χ1) is 6.19. The van der Waals surface area contributed by atoms with Gasteiger partial charge in [0.1, 0.15) is 11.5 Å². The molecule has 0 aliphatic carbocycles. The van der Waals surface area contributed by atoms with Crippen LogP contribution in [0.25, 0.3) is 0 Å². The Morgan fingerprint density at radius 1 is 1.15 bits per heavy atom. The first-order valence-electron chi connectivity index (χ1n) is 4.37. The SMILES string of the molecule is CCc1cc(CNC)c(O)cc1O. The lowest BCUT2D eigenvalue weighted by molar-refractivity contribution is 0.441. The minimum Gasteiger partial charge on any atom is -0.508 e. The van der Waals surface area contributed by atoms with E-state index in [2.05, 4.69) is 5.32 Å². The molecule has 0 aliphatic heterocycles. The van der Waals surface area contributed by atoms with Crippen LogP contribution < -0.4 is 5.32 Å². The van der Waals surface area contributed by atoms with Gasteiger partial charge in [-0.25, -0.2) is 0 Å². The van der Waals surface area contributed by atoms with E-state index >= 15 is 0 Å². The molecule has 0 unspecified atom stereocenters. The van der Waals surface area contributed by atoms with E-state index < -0.39 is 0 Å². The Bertz CT molecular complexity index is 297. The van der Waals surface area contributed by atoms with E-state index in [0.29, 0.717) is 6.54 Å². The second kappa shape index (κ2) is 4.14. The fourth-order valence-electron chi connectivity index (χ4n) is 1.29. The fourth-order valence-corrected chi connectivity index (χ4v) is 1.29. The van der Waals surface area contributed by atoms with Crippen LogP contribution in [0.3, 0.4) is 0 Å². The third kappa shape index (κ3) is 2.12. The average molecular weight is 181 g/mol. The number of aryl methyl sites for hydroxylation is 1. The molecule has 0 radical (unpaired) electrons.